The lowest BCUT2D eigenvalue weighted by Crippen LogP contribution is -2.46. The van der Waals surface area contributed by atoms with E-state index in [0.29, 0.717) is 6.61 Å². The molecule has 16 heavy (non-hydrogen) atoms. The third kappa shape index (κ3) is 2.67. The normalized spacial score (nSPS) is 26.6. The maximum absolute atomic E-state index is 12.2. The van der Waals surface area contributed by atoms with Crippen LogP contribution in [0.1, 0.15) is 32.1 Å². The van der Waals surface area contributed by atoms with Gasteiger partial charge in [0.2, 0.25) is 0 Å². The molecule has 2 amide bonds. The number of urea groups is 1. The third-order valence-corrected chi connectivity index (χ3v) is 3.63. The molecule has 0 saturated carbocycles. The van der Waals surface area contributed by atoms with Crippen LogP contribution >= 0.6 is 0 Å². The molecule has 0 N–H and O–H groups in total. The summed E-state index contributed by atoms with van der Waals surface area (Å²) in [7, 11) is 1.91. The molecule has 2 saturated heterocycles. The van der Waals surface area contributed by atoms with Crippen LogP contribution in [0.4, 0.5) is 4.79 Å². The van der Waals surface area contributed by atoms with E-state index in [1.807, 2.05) is 16.8 Å². The van der Waals surface area contributed by atoms with Crippen LogP contribution in [0.2, 0.25) is 0 Å². The van der Waals surface area contributed by atoms with Crippen LogP contribution in [-0.2, 0) is 4.74 Å². The molecule has 0 aromatic rings. The zero-order chi connectivity index (χ0) is 11.4. The van der Waals surface area contributed by atoms with Crippen LogP contribution < -0.4 is 0 Å². The molecule has 0 bridgehead atoms. The molecule has 2 aliphatic heterocycles. The van der Waals surface area contributed by atoms with Crippen LogP contribution in [0, 0.1) is 0 Å². The van der Waals surface area contributed by atoms with Crippen molar-refractivity contribution in [3.63, 3.8) is 0 Å². The molecule has 0 radical (unpaired) electrons. The van der Waals surface area contributed by atoms with Crippen LogP contribution in [0.5, 0.6) is 0 Å². The van der Waals surface area contributed by atoms with Crippen molar-refractivity contribution in [1.82, 2.24) is 9.80 Å². The third-order valence-electron chi connectivity index (χ3n) is 3.63. The lowest BCUT2D eigenvalue weighted by atomic mass is 10.2. The van der Waals surface area contributed by atoms with Crippen molar-refractivity contribution in [2.24, 2.45) is 0 Å². The Morgan fingerprint density at radius 2 is 1.94 bits per heavy atom. The molecule has 2 aliphatic rings. The van der Waals surface area contributed by atoms with Gasteiger partial charge in [-0.2, -0.15) is 0 Å². The fraction of sp³-hybridized carbons (Fsp3) is 0.917. The lowest BCUT2D eigenvalue weighted by molar-refractivity contribution is 0.133. The van der Waals surface area contributed by atoms with E-state index in [-0.39, 0.29) is 12.1 Å². The number of hydrogen-bond acceptors (Lipinski definition) is 2. The molecular formula is C12H22N2O2. The second kappa shape index (κ2) is 5.53. The molecule has 1 unspecified atom stereocenters. The minimum absolute atomic E-state index is 0.192. The van der Waals surface area contributed by atoms with Gasteiger partial charge < -0.3 is 14.5 Å². The van der Waals surface area contributed by atoms with Gasteiger partial charge in [-0.15, -0.1) is 0 Å². The molecule has 2 fully saturated rings. The highest BCUT2D eigenvalue weighted by molar-refractivity contribution is 5.74. The van der Waals surface area contributed by atoms with E-state index in [1.165, 1.54) is 12.8 Å². The van der Waals surface area contributed by atoms with Crippen LogP contribution in [-0.4, -0.2) is 55.2 Å². The monoisotopic (exact) mass is 226 g/mol. The topological polar surface area (TPSA) is 32.8 Å². The summed E-state index contributed by atoms with van der Waals surface area (Å²) >= 11 is 0. The SMILES string of the molecule is CN(C(=O)N1CCCCCC1)C1CCOC1. The number of carbonyl (C=O) groups is 1. The first-order valence-corrected chi connectivity index (χ1v) is 6.38. The van der Waals surface area contributed by atoms with E-state index >= 15 is 0 Å². The predicted molar refractivity (Wildman–Crippen MR) is 62.4 cm³/mol. The van der Waals surface area contributed by atoms with Gasteiger partial charge in [0.1, 0.15) is 0 Å². The van der Waals surface area contributed by atoms with Crippen molar-refractivity contribution in [2.75, 3.05) is 33.4 Å². The average Bonchev–Trinajstić information content (AvgIpc) is 2.70. The second-order valence-corrected chi connectivity index (χ2v) is 4.81. The first kappa shape index (κ1) is 11.7. The Morgan fingerprint density at radius 3 is 2.50 bits per heavy atom. The Balaban J connectivity index is 1.88. The minimum Gasteiger partial charge on any atom is -0.379 e. The van der Waals surface area contributed by atoms with Gasteiger partial charge in [0.15, 0.2) is 0 Å². The second-order valence-electron chi connectivity index (χ2n) is 4.81. The Hall–Kier alpha value is -0.770. The van der Waals surface area contributed by atoms with E-state index in [2.05, 4.69) is 0 Å². The average molecular weight is 226 g/mol. The van der Waals surface area contributed by atoms with Crippen LogP contribution in [0.15, 0.2) is 0 Å². The van der Waals surface area contributed by atoms with Gasteiger partial charge in [0.25, 0.3) is 0 Å². The summed E-state index contributed by atoms with van der Waals surface area (Å²) in [4.78, 5) is 16.1. The van der Waals surface area contributed by atoms with E-state index in [4.69, 9.17) is 4.74 Å². The number of hydrogen-bond donors (Lipinski definition) is 0. The smallest absolute Gasteiger partial charge is 0.320 e. The van der Waals surface area contributed by atoms with Gasteiger partial charge in [-0.25, -0.2) is 4.79 Å². The van der Waals surface area contributed by atoms with Crippen LogP contribution in [0.3, 0.4) is 0 Å². The number of carbonyl (C=O) groups excluding carboxylic acids is 1. The molecule has 2 rings (SSSR count). The number of likely N-dealkylation sites (tertiary alicyclic amines) is 1. The van der Waals surface area contributed by atoms with Crippen molar-refractivity contribution in [1.29, 1.82) is 0 Å². The summed E-state index contributed by atoms with van der Waals surface area (Å²) in [6.07, 6.45) is 5.82. The fourth-order valence-electron chi connectivity index (χ4n) is 2.47. The van der Waals surface area contributed by atoms with Crippen molar-refractivity contribution < 1.29 is 9.53 Å². The zero-order valence-electron chi connectivity index (χ0n) is 10.2. The molecule has 4 heteroatoms. The number of nitrogens with zero attached hydrogens (tertiary/aromatic N) is 2. The van der Waals surface area contributed by atoms with E-state index in [1.54, 1.807) is 0 Å². The first-order valence-electron chi connectivity index (χ1n) is 6.38. The largest absolute Gasteiger partial charge is 0.379 e. The Labute approximate surface area is 97.5 Å². The quantitative estimate of drug-likeness (QED) is 0.682. The van der Waals surface area contributed by atoms with Crippen molar-refractivity contribution >= 4 is 6.03 Å². The summed E-state index contributed by atoms with van der Waals surface area (Å²) in [5, 5.41) is 0. The van der Waals surface area contributed by atoms with Crippen molar-refractivity contribution in [2.45, 2.75) is 38.1 Å². The van der Waals surface area contributed by atoms with E-state index in [9.17, 15) is 4.79 Å². The van der Waals surface area contributed by atoms with Gasteiger partial charge in [-0.3, -0.25) is 0 Å². The molecule has 1 atom stereocenters. The van der Waals surface area contributed by atoms with Gasteiger partial charge in [-0.05, 0) is 19.3 Å². The van der Waals surface area contributed by atoms with Crippen LogP contribution in [0.25, 0.3) is 0 Å². The molecule has 0 aromatic carbocycles. The predicted octanol–water partition coefficient (Wildman–Crippen LogP) is 1.70. The highest BCUT2D eigenvalue weighted by Gasteiger charge is 2.27. The number of likely N-dealkylation sites (N-methyl/N-ethyl adjacent to an activating group) is 1. The van der Waals surface area contributed by atoms with E-state index < -0.39 is 0 Å². The van der Waals surface area contributed by atoms with Gasteiger partial charge in [0.05, 0.1) is 12.6 Å². The lowest BCUT2D eigenvalue weighted by Gasteiger charge is -2.30. The Bertz CT molecular complexity index is 227. The zero-order valence-corrected chi connectivity index (χ0v) is 10.2. The maximum Gasteiger partial charge on any atom is 0.320 e. The number of amides is 2. The minimum atomic E-state index is 0.192. The Kier molecular flexibility index (Phi) is 4.04. The molecule has 4 nitrogen and oxygen atoms in total. The first-order chi connectivity index (χ1) is 7.79. The van der Waals surface area contributed by atoms with Crippen molar-refractivity contribution in [3.8, 4) is 0 Å². The summed E-state index contributed by atoms with van der Waals surface area (Å²) in [6, 6.07) is 0.480. The van der Waals surface area contributed by atoms with Gasteiger partial charge >= 0.3 is 6.03 Å². The maximum atomic E-state index is 12.2. The molecule has 92 valence electrons. The molecule has 0 spiro atoms. The molecular weight excluding hydrogens is 204 g/mol. The van der Waals surface area contributed by atoms with Gasteiger partial charge in [-0.1, -0.05) is 12.8 Å². The summed E-state index contributed by atoms with van der Waals surface area (Å²) in [6.45, 7) is 3.35. The Morgan fingerprint density at radius 1 is 1.25 bits per heavy atom. The summed E-state index contributed by atoms with van der Waals surface area (Å²) in [5.74, 6) is 0. The van der Waals surface area contributed by atoms with Crippen molar-refractivity contribution in [3.05, 3.63) is 0 Å². The molecule has 0 aliphatic carbocycles. The van der Waals surface area contributed by atoms with Gasteiger partial charge in [0, 0.05) is 26.7 Å². The fourth-order valence-corrected chi connectivity index (χ4v) is 2.47. The number of rotatable bonds is 1. The molecule has 2 heterocycles. The molecule has 0 aromatic heterocycles. The van der Waals surface area contributed by atoms with E-state index in [0.717, 1.165) is 39.0 Å². The summed E-state index contributed by atoms with van der Waals surface area (Å²) < 4.78 is 5.33. The standard InChI is InChI=1S/C12H22N2O2/c1-13(11-6-9-16-10-11)12(15)14-7-4-2-3-5-8-14/h11H,2-10H2,1H3. The highest BCUT2D eigenvalue weighted by Crippen LogP contribution is 2.15. The summed E-state index contributed by atoms with van der Waals surface area (Å²) in [5.41, 5.74) is 0. The highest BCUT2D eigenvalue weighted by atomic mass is 16.5. The number of ether oxygens (including phenoxy) is 1.